The van der Waals surface area contributed by atoms with Gasteiger partial charge in [-0.05, 0) is 44.4 Å². The minimum Gasteiger partial charge on any atom is -0.385 e. The minimum absolute atomic E-state index is 0.0628. The van der Waals surface area contributed by atoms with Gasteiger partial charge in [0, 0.05) is 18.3 Å². The first-order valence-corrected chi connectivity index (χ1v) is 7.86. The third kappa shape index (κ3) is 3.99. The second kappa shape index (κ2) is 7.32. The Hall–Kier alpha value is -1.51. The predicted octanol–water partition coefficient (Wildman–Crippen LogP) is 3.88. The molecule has 0 radical (unpaired) electrons. The quantitative estimate of drug-likeness (QED) is 0.818. The van der Waals surface area contributed by atoms with Crippen molar-refractivity contribution in [1.29, 1.82) is 0 Å². The van der Waals surface area contributed by atoms with Gasteiger partial charge in [0.15, 0.2) is 0 Å². The Morgan fingerprint density at radius 3 is 2.55 bits per heavy atom. The molecule has 1 amide bonds. The van der Waals surface area contributed by atoms with Crippen molar-refractivity contribution in [2.45, 2.75) is 58.4 Å². The molecule has 0 saturated heterocycles. The molecule has 2 rings (SSSR count). The highest BCUT2D eigenvalue weighted by Crippen LogP contribution is 2.20. The normalized spacial score (nSPS) is 16.5. The molecule has 1 aromatic carbocycles. The maximum Gasteiger partial charge on any atom is 0.253 e. The fourth-order valence-corrected chi connectivity index (χ4v) is 2.88. The first kappa shape index (κ1) is 14.9. The van der Waals surface area contributed by atoms with Gasteiger partial charge in [-0.2, -0.15) is 0 Å². The number of rotatable bonds is 4. The Labute approximate surface area is 122 Å². The molecule has 3 heteroatoms. The van der Waals surface area contributed by atoms with E-state index in [4.69, 9.17) is 0 Å². The van der Waals surface area contributed by atoms with E-state index in [0.717, 1.165) is 30.6 Å². The second-order valence-electron chi connectivity index (χ2n) is 5.74. The topological polar surface area (TPSA) is 41.1 Å². The monoisotopic (exact) mass is 274 g/mol. The number of anilines is 1. The maximum atomic E-state index is 12.5. The molecule has 0 aromatic heterocycles. The zero-order chi connectivity index (χ0) is 14.4. The van der Waals surface area contributed by atoms with Crippen LogP contribution in [0, 0.1) is 6.92 Å². The van der Waals surface area contributed by atoms with Crippen LogP contribution in [0.1, 0.15) is 61.4 Å². The van der Waals surface area contributed by atoms with E-state index in [1.807, 2.05) is 25.1 Å². The summed E-state index contributed by atoms with van der Waals surface area (Å²) < 4.78 is 0. The number of hydrogen-bond acceptors (Lipinski definition) is 2. The molecule has 1 fully saturated rings. The molecule has 3 nitrogen and oxygen atoms in total. The molecular formula is C17H26N2O. The highest BCUT2D eigenvalue weighted by atomic mass is 16.1. The van der Waals surface area contributed by atoms with E-state index in [1.54, 1.807) is 0 Å². The number of nitrogens with one attached hydrogen (secondary N) is 2. The second-order valence-corrected chi connectivity index (χ2v) is 5.74. The smallest absolute Gasteiger partial charge is 0.253 e. The van der Waals surface area contributed by atoms with E-state index < -0.39 is 0 Å². The van der Waals surface area contributed by atoms with E-state index in [0.29, 0.717) is 6.04 Å². The highest BCUT2D eigenvalue weighted by molar-refractivity contribution is 5.99. The lowest BCUT2D eigenvalue weighted by atomic mass is 10.1. The van der Waals surface area contributed by atoms with Crippen molar-refractivity contribution < 1.29 is 4.79 Å². The van der Waals surface area contributed by atoms with Crippen molar-refractivity contribution >= 4 is 11.6 Å². The van der Waals surface area contributed by atoms with Gasteiger partial charge in [-0.3, -0.25) is 4.79 Å². The van der Waals surface area contributed by atoms with Crippen molar-refractivity contribution in [2.75, 3.05) is 11.9 Å². The van der Waals surface area contributed by atoms with Crippen molar-refractivity contribution in [1.82, 2.24) is 5.32 Å². The fourth-order valence-electron chi connectivity index (χ4n) is 2.88. The Balaban J connectivity index is 2.07. The Morgan fingerprint density at radius 2 is 1.90 bits per heavy atom. The lowest BCUT2D eigenvalue weighted by Crippen LogP contribution is -2.34. The summed E-state index contributed by atoms with van der Waals surface area (Å²) in [7, 11) is 0. The summed E-state index contributed by atoms with van der Waals surface area (Å²) in [6.45, 7) is 4.93. The summed E-state index contributed by atoms with van der Waals surface area (Å²) in [6, 6.07) is 6.33. The Kier molecular flexibility index (Phi) is 5.45. The van der Waals surface area contributed by atoms with Crippen LogP contribution in [0.15, 0.2) is 18.2 Å². The molecule has 0 atom stereocenters. The van der Waals surface area contributed by atoms with Gasteiger partial charge < -0.3 is 10.6 Å². The van der Waals surface area contributed by atoms with Gasteiger partial charge in [0.1, 0.15) is 0 Å². The zero-order valence-corrected chi connectivity index (χ0v) is 12.7. The van der Waals surface area contributed by atoms with Gasteiger partial charge in [0.25, 0.3) is 5.91 Å². The Bertz CT molecular complexity index is 448. The minimum atomic E-state index is 0.0628. The van der Waals surface area contributed by atoms with Gasteiger partial charge in [0.2, 0.25) is 0 Å². The Morgan fingerprint density at radius 1 is 1.20 bits per heavy atom. The summed E-state index contributed by atoms with van der Waals surface area (Å²) in [6.07, 6.45) is 7.32. The molecule has 0 heterocycles. The molecule has 0 bridgehead atoms. The molecule has 0 spiro atoms. The molecule has 110 valence electrons. The van der Waals surface area contributed by atoms with Crippen LogP contribution in [0.25, 0.3) is 0 Å². The molecule has 1 saturated carbocycles. The number of amides is 1. The van der Waals surface area contributed by atoms with E-state index in [1.165, 1.54) is 31.2 Å². The molecular weight excluding hydrogens is 248 g/mol. The van der Waals surface area contributed by atoms with Crippen LogP contribution in [0.4, 0.5) is 5.69 Å². The van der Waals surface area contributed by atoms with Crippen LogP contribution >= 0.6 is 0 Å². The average Bonchev–Trinajstić information content (AvgIpc) is 2.68. The number of aryl methyl sites for hydroxylation is 1. The molecule has 0 aliphatic heterocycles. The first-order chi connectivity index (χ1) is 9.70. The summed E-state index contributed by atoms with van der Waals surface area (Å²) in [5.41, 5.74) is 2.88. The number of carbonyl (C=O) groups is 1. The van der Waals surface area contributed by atoms with E-state index in [-0.39, 0.29) is 5.91 Å². The summed E-state index contributed by atoms with van der Waals surface area (Å²) in [5, 5.41) is 6.50. The lowest BCUT2D eigenvalue weighted by molar-refractivity contribution is 0.0934. The molecule has 1 aromatic rings. The van der Waals surface area contributed by atoms with E-state index >= 15 is 0 Å². The average molecular weight is 274 g/mol. The predicted molar refractivity (Wildman–Crippen MR) is 84.3 cm³/mol. The van der Waals surface area contributed by atoms with Crippen molar-refractivity contribution in [3.63, 3.8) is 0 Å². The van der Waals surface area contributed by atoms with Crippen LogP contribution < -0.4 is 10.6 Å². The van der Waals surface area contributed by atoms with Gasteiger partial charge in [-0.25, -0.2) is 0 Å². The SMILES string of the molecule is CCNc1cc(C)ccc1C(=O)NC1CCCCCC1. The van der Waals surface area contributed by atoms with E-state index in [2.05, 4.69) is 17.6 Å². The van der Waals surface area contributed by atoms with Crippen LogP contribution in [0.2, 0.25) is 0 Å². The summed E-state index contributed by atoms with van der Waals surface area (Å²) >= 11 is 0. The lowest BCUT2D eigenvalue weighted by Gasteiger charge is -2.18. The van der Waals surface area contributed by atoms with E-state index in [9.17, 15) is 4.79 Å². The van der Waals surface area contributed by atoms with Crippen LogP contribution in [0.5, 0.6) is 0 Å². The van der Waals surface area contributed by atoms with Gasteiger partial charge in [-0.1, -0.05) is 31.7 Å². The highest BCUT2D eigenvalue weighted by Gasteiger charge is 2.17. The third-order valence-electron chi connectivity index (χ3n) is 3.98. The number of hydrogen-bond donors (Lipinski definition) is 2. The first-order valence-electron chi connectivity index (χ1n) is 7.86. The molecule has 0 unspecified atom stereocenters. The summed E-state index contributed by atoms with van der Waals surface area (Å²) in [4.78, 5) is 12.5. The maximum absolute atomic E-state index is 12.5. The third-order valence-corrected chi connectivity index (χ3v) is 3.98. The standard InChI is InChI=1S/C17H26N2O/c1-3-18-16-12-13(2)10-11-15(16)17(20)19-14-8-6-4-5-7-9-14/h10-12,14,18H,3-9H2,1-2H3,(H,19,20). The van der Waals surface area contributed by atoms with Crippen molar-refractivity contribution in [2.24, 2.45) is 0 Å². The number of benzene rings is 1. The van der Waals surface area contributed by atoms with Gasteiger partial charge in [0.05, 0.1) is 5.56 Å². The zero-order valence-electron chi connectivity index (χ0n) is 12.7. The molecule has 20 heavy (non-hydrogen) atoms. The fraction of sp³-hybridized carbons (Fsp3) is 0.588. The molecule has 1 aliphatic carbocycles. The van der Waals surface area contributed by atoms with Gasteiger partial charge in [-0.15, -0.1) is 0 Å². The van der Waals surface area contributed by atoms with Crippen LogP contribution in [0.3, 0.4) is 0 Å². The van der Waals surface area contributed by atoms with Gasteiger partial charge >= 0.3 is 0 Å². The largest absolute Gasteiger partial charge is 0.385 e. The molecule has 1 aliphatic rings. The summed E-state index contributed by atoms with van der Waals surface area (Å²) in [5.74, 6) is 0.0628. The van der Waals surface area contributed by atoms with Crippen LogP contribution in [-0.4, -0.2) is 18.5 Å². The van der Waals surface area contributed by atoms with Crippen LogP contribution in [-0.2, 0) is 0 Å². The van der Waals surface area contributed by atoms with Crippen molar-refractivity contribution in [3.05, 3.63) is 29.3 Å². The number of carbonyl (C=O) groups excluding carboxylic acids is 1. The molecule has 2 N–H and O–H groups in total. The van der Waals surface area contributed by atoms with Crippen molar-refractivity contribution in [3.8, 4) is 0 Å².